The quantitative estimate of drug-likeness (QED) is 0.786. The third-order valence-electron chi connectivity index (χ3n) is 5.51. The number of rotatable bonds is 5. The fourth-order valence-electron chi connectivity index (χ4n) is 3.89. The predicted octanol–water partition coefficient (Wildman–Crippen LogP) is 2.97. The van der Waals surface area contributed by atoms with Gasteiger partial charge in [0.2, 0.25) is 0 Å². The molecule has 2 aromatic rings. The lowest BCUT2D eigenvalue weighted by molar-refractivity contribution is 0.0901. The van der Waals surface area contributed by atoms with E-state index in [2.05, 4.69) is 22.5 Å². The number of ether oxygens (including phenoxy) is 2. The molecular formula is C22H29N5O3. The summed E-state index contributed by atoms with van der Waals surface area (Å²) in [5.74, 6) is 1.67. The first kappa shape index (κ1) is 20.6. The molecule has 1 unspecified atom stereocenters. The Morgan fingerprint density at radius 3 is 2.77 bits per heavy atom. The highest BCUT2D eigenvalue weighted by Gasteiger charge is 2.28. The van der Waals surface area contributed by atoms with Crippen molar-refractivity contribution >= 4 is 17.5 Å². The third kappa shape index (κ3) is 4.39. The van der Waals surface area contributed by atoms with Gasteiger partial charge in [-0.05, 0) is 37.6 Å². The summed E-state index contributed by atoms with van der Waals surface area (Å²) in [5, 5.41) is 5.54. The van der Waals surface area contributed by atoms with Crippen LogP contribution < -0.4 is 15.5 Å². The van der Waals surface area contributed by atoms with Crippen LogP contribution in [0.3, 0.4) is 0 Å². The maximum Gasteiger partial charge on any atom is 0.319 e. The molecule has 2 N–H and O–H groups in total. The number of benzene rings is 1. The van der Waals surface area contributed by atoms with Crippen LogP contribution in [0.2, 0.25) is 0 Å². The predicted molar refractivity (Wildman–Crippen MR) is 116 cm³/mol. The van der Waals surface area contributed by atoms with E-state index in [9.17, 15) is 4.79 Å². The molecular weight excluding hydrogens is 382 g/mol. The summed E-state index contributed by atoms with van der Waals surface area (Å²) in [6.07, 6.45) is 1.78. The van der Waals surface area contributed by atoms with Crippen molar-refractivity contribution in [3.05, 3.63) is 35.5 Å². The van der Waals surface area contributed by atoms with Crippen LogP contribution in [0.4, 0.5) is 16.3 Å². The fraction of sp³-hybridized carbons (Fsp3) is 0.500. The van der Waals surface area contributed by atoms with Gasteiger partial charge < -0.3 is 25.0 Å². The summed E-state index contributed by atoms with van der Waals surface area (Å²) in [7, 11) is 0. The monoisotopic (exact) mass is 411 g/mol. The normalized spacial score (nSPS) is 18.6. The summed E-state index contributed by atoms with van der Waals surface area (Å²) >= 11 is 0. The number of anilines is 2. The van der Waals surface area contributed by atoms with Crippen LogP contribution in [-0.2, 0) is 22.5 Å². The lowest BCUT2D eigenvalue weighted by Gasteiger charge is -2.38. The van der Waals surface area contributed by atoms with E-state index >= 15 is 0 Å². The summed E-state index contributed by atoms with van der Waals surface area (Å²) in [6, 6.07) is 7.73. The van der Waals surface area contributed by atoms with E-state index < -0.39 is 0 Å². The van der Waals surface area contributed by atoms with Crippen LogP contribution in [0.15, 0.2) is 24.3 Å². The molecule has 0 spiro atoms. The van der Waals surface area contributed by atoms with Crippen molar-refractivity contribution in [1.29, 1.82) is 0 Å². The average molecular weight is 412 g/mol. The highest BCUT2D eigenvalue weighted by Crippen LogP contribution is 2.31. The van der Waals surface area contributed by atoms with Gasteiger partial charge in [-0.15, -0.1) is 0 Å². The zero-order valence-corrected chi connectivity index (χ0v) is 17.6. The molecule has 2 amide bonds. The Balaban J connectivity index is 1.66. The average Bonchev–Trinajstić information content (AvgIpc) is 2.79. The zero-order valence-electron chi connectivity index (χ0n) is 17.6. The minimum Gasteiger partial charge on any atom is -0.377 e. The molecule has 0 aliphatic carbocycles. The number of urea groups is 1. The Kier molecular flexibility index (Phi) is 6.44. The Hall–Kier alpha value is -2.71. The van der Waals surface area contributed by atoms with Crippen molar-refractivity contribution < 1.29 is 14.3 Å². The number of hydrogen-bond acceptors (Lipinski definition) is 6. The molecule has 0 saturated carbocycles. The second-order valence-electron chi connectivity index (χ2n) is 7.49. The molecule has 160 valence electrons. The Labute approximate surface area is 177 Å². The molecule has 0 radical (unpaired) electrons. The number of hydrogen-bond donors (Lipinski definition) is 2. The Bertz CT molecular complexity index is 887. The molecule has 1 atom stereocenters. The van der Waals surface area contributed by atoms with Gasteiger partial charge in [0.15, 0.2) is 5.82 Å². The van der Waals surface area contributed by atoms with Gasteiger partial charge in [0.25, 0.3) is 0 Å². The van der Waals surface area contributed by atoms with Gasteiger partial charge in [0, 0.05) is 36.3 Å². The first-order valence-corrected chi connectivity index (χ1v) is 10.7. The van der Waals surface area contributed by atoms with Gasteiger partial charge in [-0.2, -0.15) is 0 Å². The van der Waals surface area contributed by atoms with Gasteiger partial charge >= 0.3 is 6.03 Å². The van der Waals surface area contributed by atoms with Crippen LogP contribution in [0.5, 0.6) is 0 Å². The van der Waals surface area contributed by atoms with Crippen LogP contribution in [0, 0.1) is 0 Å². The molecule has 30 heavy (non-hydrogen) atoms. The number of nitrogens with zero attached hydrogens (tertiary/aromatic N) is 3. The molecule has 2 aliphatic heterocycles. The summed E-state index contributed by atoms with van der Waals surface area (Å²) in [6.45, 7) is 8.11. The molecule has 1 saturated heterocycles. The van der Waals surface area contributed by atoms with Crippen LogP contribution in [-0.4, -0.2) is 55.0 Å². The first-order valence-electron chi connectivity index (χ1n) is 10.7. The fourth-order valence-corrected chi connectivity index (χ4v) is 3.89. The van der Waals surface area contributed by atoms with E-state index in [1.54, 1.807) is 0 Å². The number of morpholine rings is 1. The van der Waals surface area contributed by atoms with E-state index in [1.165, 1.54) is 0 Å². The topological polar surface area (TPSA) is 88.6 Å². The van der Waals surface area contributed by atoms with Crippen LogP contribution >= 0.6 is 0 Å². The van der Waals surface area contributed by atoms with E-state index in [1.807, 2.05) is 31.2 Å². The smallest absolute Gasteiger partial charge is 0.319 e. The van der Waals surface area contributed by atoms with Gasteiger partial charge in [0.1, 0.15) is 5.82 Å². The van der Waals surface area contributed by atoms with Gasteiger partial charge in [-0.1, -0.05) is 6.92 Å². The molecule has 1 aromatic carbocycles. The highest BCUT2D eigenvalue weighted by atomic mass is 16.5. The molecule has 2 aliphatic rings. The van der Waals surface area contributed by atoms with E-state index in [0.29, 0.717) is 44.8 Å². The largest absolute Gasteiger partial charge is 0.377 e. The number of nitrogens with one attached hydrogen (secondary N) is 2. The maximum absolute atomic E-state index is 11.7. The molecule has 4 rings (SSSR count). The number of carbonyl (C=O) groups excluding carboxylic acids is 1. The zero-order chi connectivity index (χ0) is 20.9. The Morgan fingerprint density at radius 2 is 2.00 bits per heavy atom. The first-order chi connectivity index (χ1) is 14.7. The SMILES string of the molecule is CCNC(=O)Nc1ccc(-c2nc3c(c(N4CCOCC4CC)n2)COCC3)cc1. The van der Waals surface area contributed by atoms with Crippen LogP contribution in [0.1, 0.15) is 31.5 Å². The summed E-state index contributed by atoms with van der Waals surface area (Å²) < 4.78 is 11.4. The maximum atomic E-state index is 11.7. The lowest BCUT2D eigenvalue weighted by Crippen LogP contribution is -2.46. The van der Waals surface area contributed by atoms with Crippen molar-refractivity contribution in [1.82, 2.24) is 15.3 Å². The van der Waals surface area contributed by atoms with Gasteiger partial charge in [0.05, 0.1) is 38.2 Å². The van der Waals surface area contributed by atoms with Gasteiger partial charge in [-0.3, -0.25) is 0 Å². The van der Waals surface area contributed by atoms with E-state index in [-0.39, 0.29) is 6.03 Å². The molecule has 1 aromatic heterocycles. The van der Waals surface area contributed by atoms with E-state index in [4.69, 9.17) is 19.4 Å². The highest BCUT2D eigenvalue weighted by molar-refractivity contribution is 5.89. The third-order valence-corrected chi connectivity index (χ3v) is 5.51. The number of amides is 2. The Morgan fingerprint density at radius 1 is 1.17 bits per heavy atom. The number of fused-ring (bicyclic) bond motifs is 1. The molecule has 8 heteroatoms. The minimum atomic E-state index is -0.213. The summed E-state index contributed by atoms with van der Waals surface area (Å²) in [4.78, 5) is 23.9. The van der Waals surface area contributed by atoms with Crippen molar-refractivity contribution in [3.8, 4) is 11.4 Å². The van der Waals surface area contributed by atoms with Crippen molar-refractivity contribution in [3.63, 3.8) is 0 Å². The van der Waals surface area contributed by atoms with Crippen molar-refractivity contribution in [2.75, 3.05) is 43.1 Å². The van der Waals surface area contributed by atoms with E-state index in [0.717, 1.165) is 47.7 Å². The second-order valence-corrected chi connectivity index (χ2v) is 7.49. The number of aromatic nitrogens is 2. The van der Waals surface area contributed by atoms with Gasteiger partial charge in [-0.25, -0.2) is 14.8 Å². The summed E-state index contributed by atoms with van der Waals surface area (Å²) in [5.41, 5.74) is 3.82. The van der Waals surface area contributed by atoms with Crippen molar-refractivity contribution in [2.24, 2.45) is 0 Å². The number of carbonyl (C=O) groups is 1. The molecule has 1 fully saturated rings. The van der Waals surface area contributed by atoms with Crippen molar-refractivity contribution in [2.45, 2.75) is 39.3 Å². The molecule has 8 nitrogen and oxygen atoms in total. The minimum absolute atomic E-state index is 0.213. The second kappa shape index (κ2) is 9.40. The molecule has 3 heterocycles. The lowest BCUT2D eigenvalue weighted by atomic mass is 10.1. The molecule has 0 bridgehead atoms. The van der Waals surface area contributed by atoms with Crippen LogP contribution in [0.25, 0.3) is 11.4 Å². The standard InChI is InChI=1S/C22H29N5O3/c1-3-17-13-30-12-10-27(17)21-18-14-29-11-9-19(18)25-20(26-21)15-5-7-16(8-6-15)24-22(28)23-4-2/h5-8,17H,3-4,9-14H2,1-2H3,(H2,23,24,28).